The largest absolute Gasteiger partial charge is 0.456 e. The smallest absolute Gasteiger partial charge is 0.377 e. The Bertz CT molecular complexity index is 896. The molecule has 0 spiro atoms. The maximum atomic E-state index is 13.6. The topological polar surface area (TPSA) is 78.9 Å². The first-order chi connectivity index (χ1) is 16.4. The Kier molecular flexibility index (Phi) is 5.16. The molecule has 8 heteroatoms. The summed E-state index contributed by atoms with van der Waals surface area (Å²) in [5.41, 5.74) is -2.42. The van der Waals surface area contributed by atoms with Gasteiger partial charge in [-0.2, -0.15) is 8.78 Å². The molecule has 35 heavy (non-hydrogen) atoms. The van der Waals surface area contributed by atoms with Crippen molar-refractivity contribution in [1.29, 1.82) is 0 Å². The lowest BCUT2D eigenvalue weighted by Crippen LogP contribution is -2.61. The molecule has 0 aromatic carbocycles. The van der Waals surface area contributed by atoms with Gasteiger partial charge in [0.2, 0.25) is 0 Å². The van der Waals surface area contributed by atoms with E-state index in [1.54, 1.807) is 0 Å². The van der Waals surface area contributed by atoms with Crippen LogP contribution in [0.5, 0.6) is 0 Å². The van der Waals surface area contributed by atoms with Gasteiger partial charge >= 0.3 is 23.8 Å². The molecule has 8 aliphatic carbocycles. The Morgan fingerprint density at radius 1 is 0.829 bits per heavy atom. The minimum atomic E-state index is -3.57. The van der Waals surface area contributed by atoms with Gasteiger partial charge in [-0.1, -0.05) is 0 Å². The highest BCUT2D eigenvalue weighted by Crippen LogP contribution is 2.63. The molecule has 0 radical (unpaired) electrons. The number of halogens is 2. The number of hydrogen-bond acceptors (Lipinski definition) is 6. The Labute approximate surface area is 204 Å². The number of carbonyl (C=O) groups excluding carboxylic acids is 3. The molecule has 6 nitrogen and oxygen atoms in total. The zero-order valence-corrected chi connectivity index (χ0v) is 20.7. The van der Waals surface area contributed by atoms with E-state index in [9.17, 15) is 23.2 Å². The van der Waals surface area contributed by atoms with Crippen molar-refractivity contribution >= 4 is 17.9 Å². The summed E-state index contributed by atoms with van der Waals surface area (Å²) in [5, 5.41) is 0. The predicted octanol–water partition coefficient (Wildman–Crippen LogP) is 4.83. The maximum absolute atomic E-state index is 13.6. The van der Waals surface area contributed by atoms with Gasteiger partial charge in [-0.25, -0.2) is 9.59 Å². The van der Waals surface area contributed by atoms with Crippen LogP contribution < -0.4 is 0 Å². The first-order valence-corrected chi connectivity index (χ1v) is 13.4. The van der Waals surface area contributed by atoms with E-state index in [1.165, 1.54) is 6.42 Å². The summed E-state index contributed by atoms with van der Waals surface area (Å²) in [4.78, 5) is 38.2. The highest BCUT2D eigenvalue weighted by atomic mass is 19.3. The van der Waals surface area contributed by atoms with Crippen LogP contribution in [-0.2, 0) is 28.6 Å². The van der Waals surface area contributed by atoms with E-state index in [2.05, 4.69) is 6.92 Å². The molecule has 0 heterocycles. The summed E-state index contributed by atoms with van der Waals surface area (Å²) in [6, 6.07) is 0. The van der Waals surface area contributed by atoms with Crippen LogP contribution in [0.1, 0.15) is 84.5 Å². The fourth-order valence-corrected chi connectivity index (χ4v) is 9.66. The molecule has 0 aromatic heterocycles. The van der Waals surface area contributed by atoms with Gasteiger partial charge in [0.1, 0.15) is 11.2 Å². The summed E-state index contributed by atoms with van der Waals surface area (Å²) in [6.07, 6.45) is 9.03. The Morgan fingerprint density at radius 3 is 1.91 bits per heavy atom. The third kappa shape index (κ3) is 3.88. The maximum Gasteiger partial charge on any atom is 0.377 e. The van der Waals surface area contributed by atoms with Crippen molar-refractivity contribution in [2.24, 2.45) is 40.9 Å². The van der Waals surface area contributed by atoms with Crippen molar-refractivity contribution < 1.29 is 37.4 Å². The average Bonchev–Trinajstić information content (AvgIpc) is 2.73. The van der Waals surface area contributed by atoms with E-state index in [0.29, 0.717) is 44.4 Å². The monoisotopic (exact) mass is 494 g/mol. The van der Waals surface area contributed by atoms with E-state index >= 15 is 0 Å². The Balaban J connectivity index is 1.10. The minimum absolute atomic E-state index is 0.126. The number of alkyl halides is 2. The van der Waals surface area contributed by atoms with Gasteiger partial charge in [-0.3, -0.25) is 4.79 Å². The van der Waals surface area contributed by atoms with E-state index in [1.807, 2.05) is 0 Å². The Hall–Kier alpha value is -1.73. The first kappa shape index (κ1) is 23.7. The van der Waals surface area contributed by atoms with Gasteiger partial charge in [0.15, 0.2) is 6.61 Å². The van der Waals surface area contributed by atoms with Gasteiger partial charge in [-0.05, 0) is 107 Å². The summed E-state index contributed by atoms with van der Waals surface area (Å²) in [7, 11) is 0. The molecule has 194 valence electrons. The van der Waals surface area contributed by atoms with Gasteiger partial charge < -0.3 is 14.2 Å². The quantitative estimate of drug-likeness (QED) is 0.389. The molecule has 8 fully saturated rings. The molecule has 0 aliphatic heterocycles. The molecule has 0 aromatic rings. The summed E-state index contributed by atoms with van der Waals surface area (Å²) in [5.74, 6) is -3.57. The number of esters is 3. The summed E-state index contributed by atoms with van der Waals surface area (Å²) >= 11 is 0. The summed E-state index contributed by atoms with van der Waals surface area (Å²) < 4.78 is 44.1. The summed E-state index contributed by atoms with van der Waals surface area (Å²) in [6.45, 7) is 2.16. The van der Waals surface area contributed by atoms with Crippen molar-refractivity contribution in [3.8, 4) is 0 Å². The van der Waals surface area contributed by atoms with E-state index < -0.39 is 47.1 Å². The van der Waals surface area contributed by atoms with Crippen LogP contribution >= 0.6 is 0 Å². The van der Waals surface area contributed by atoms with Crippen molar-refractivity contribution in [3.63, 3.8) is 0 Å². The van der Waals surface area contributed by atoms with Crippen molar-refractivity contribution in [2.45, 2.75) is 102 Å². The average molecular weight is 495 g/mol. The lowest BCUT2D eigenvalue weighted by atomic mass is 9.48. The lowest BCUT2D eigenvalue weighted by Gasteiger charge is -2.59. The molecule has 0 amide bonds. The van der Waals surface area contributed by atoms with Crippen LogP contribution in [0, 0.1) is 40.9 Å². The fraction of sp³-hybridized carbons (Fsp3) is 0.889. The molecule has 0 N–H and O–H groups in total. The molecule has 8 aliphatic rings. The second kappa shape index (κ2) is 7.64. The molecular formula is C27H36F2O6. The second-order valence-corrected chi connectivity index (χ2v) is 13.2. The van der Waals surface area contributed by atoms with Crippen molar-refractivity contribution in [2.75, 3.05) is 6.61 Å². The SMILES string of the molecule is CC(F)(F)C(=O)OC12CC3CC(C1)CC(C(=O)OCC(=O)OC1(C)C4CC5CC(C4)CC1C5)(C3)C2. The van der Waals surface area contributed by atoms with E-state index in [4.69, 9.17) is 14.2 Å². The predicted molar refractivity (Wildman–Crippen MR) is 119 cm³/mol. The normalized spacial score (nSPS) is 47.0. The van der Waals surface area contributed by atoms with Crippen LogP contribution in [0.4, 0.5) is 8.78 Å². The van der Waals surface area contributed by atoms with Crippen LogP contribution in [0.25, 0.3) is 0 Å². The van der Waals surface area contributed by atoms with Crippen LogP contribution in [0.15, 0.2) is 0 Å². The molecule has 8 bridgehead atoms. The molecular weight excluding hydrogens is 458 g/mol. The molecule has 8 rings (SSSR count). The number of rotatable bonds is 6. The molecule has 8 saturated carbocycles. The van der Waals surface area contributed by atoms with E-state index in [-0.39, 0.29) is 18.3 Å². The standard InChI is InChI=1S/C27H36F2O6/c1-24(19-5-15-3-16(7-19)8-20(24)6-15)34-21(30)13-33-23(32)26-9-17-4-18(10-26)12-27(11-17,14-26)35-22(31)25(2,28)29/h15-20H,3-14H2,1-2H3. The van der Waals surface area contributed by atoms with Gasteiger partial charge in [0.05, 0.1) is 5.41 Å². The highest BCUT2D eigenvalue weighted by molar-refractivity contribution is 5.82. The fourth-order valence-electron chi connectivity index (χ4n) is 9.66. The minimum Gasteiger partial charge on any atom is -0.456 e. The highest BCUT2D eigenvalue weighted by Gasteiger charge is 2.64. The zero-order valence-electron chi connectivity index (χ0n) is 20.7. The number of carbonyl (C=O) groups is 3. The third-order valence-electron chi connectivity index (χ3n) is 10.5. The van der Waals surface area contributed by atoms with Crippen LogP contribution in [0.2, 0.25) is 0 Å². The van der Waals surface area contributed by atoms with Gasteiger partial charge in [0, 0.05) is 13.3 Å². The van der Waals surface area contributed by atoms with Crippen LogP contribution in [-0.4, -0.2) is 41.6 Å². The first-order valence-electron chi connectivity index (χ1n) is 13.4. The van der Waals surface area contributed by atoms with Crippen molar-refractivity contribution in [1.82, 2.24) is 0 Å². The molecule has 2 unspecified atom stereocenters. The lowest BCUT2D eigenvalue weighted by molar-refractivity contribution is -0.226. The zero-order chi connectivity index (χ0) is 24.8. The van der Waals surface area contributed by atoms with Crippen LogP contribution in [0.3, 0.4) is 0 Å². The van der Waals surface area contributed by atoms with Gasteiger partial charge in [0.25, 0.3) is 0 Å². The van der Waals surface area contributed by atoms with E-state index in [0.717, 1.165) is 43.9 Å². The van der Waals surface area contributed by atoms with Crippen molar-refractivity contribution in [3.05, 3.63) is 0 Å². The third-order valence-corrected chi connectivity index (χ3v) is 10.5. The second-order valence-electron chi connectivity index (χ2n) is 13.2. The Morgan fingerprint density at radius 2 is 1.37 bits per heavy atom. The van der Waals surface area contributed by atoms with Gasteiger partial charge in [-0.15, -0.1) is 0 Å². The molecule has 0 saturated heterocycles. The number of hydrogen-bond donors (Lipinski definition) is 0. The number of ether oxygens (including phenoxy) is 3. The molecule has 2 atom stereocenters.